The SMILES string of the molecule is O=C(Nc1ccc(Oc2ccc3ccccc3c2Cl)c(Cl)c1)c1cc(Cl)cc(I)c1O. The summed E-state index contributed by atoms with van der Waals surface area (Å²) in [6, 6.07) is 19.2. The molecule has 4 aromatic rings. The number of benzene rings is 4. The van der Waals surface area contributed by atoms with E-state index < -0.39 is 5.91 Å². The van der Waals surface area contributed by atoms with Crippen LogP contribution < -0.4 is 10.1 Å². The largest absolute Gasteiger partial charge is 0.506 e. The van der Waals surface area contributed by atoms with Crippen molar-refractivity contribution >= 4 is 79.8 Å². The third-order valence-corrected chi connectivity index (χ3v) is 6.24. The first-order chi connectivity index (χ1) is 14.8. The summed E-state index contributed by atoms with van der Waals surface area (Å²) in [5.74, 6) is 0.203. The van der Waals surface area contributed by atoms with E-state index in [1.165, 1.54) is 6.07 Å². The zero-order valence-electron chi connectivity index (χ0n) is 15.6. The molecule has 0 bridgehead atoms. The van der Waals surface area contributed by atoms with Crippen LogP contribution in [-0.4, -0.2) is 11.0 Å². The molecule has 2 N–H and O–H groups in total. The number of anilines is 1. The van der Waals surface area contributed by atoms with Gasteiger partial charge in [0.1, 0.15) is 17.2 Å². The van der Waals surface area contributed by atoms with Crippen LogP contribution >= 0.6 is 57.4 Å². The van der Waals surface area contributed by atoms with Crippen molar-refractivity contribution in [3.05, 3.63) is 90.9 Å². The molecule has 0 atom stereocenters. The molecule has 0 aliphatic rings. The Hall–Kier alpha value is -2.19. The molecule has 0 spiro atoms. The topological polar surface area (TPSA) is 58.6 Å². The molecule has 4 nitrogen and oxygen atoms in total. The average Bonchev–Trinajstić information content (AvgIpc) is 2.74. The third-order valence-electron chi connectivity index (χ3n) is 4.51. The second kappa shape index (κ2) is 9.12. The van der Waals surface area contributed by atoms with Crippen LogP contribution in [0.5, 0.6) is 17.2 Å². The number of hydrogen-bond acceptors (Lipinski definition) is 3. The van der Waals surface area contributed by atoms with Gasteiger partial charge < -0.3 is 15.2 Å². The Morgan fingerprint density at radius 2 is 1.68 bits per heavy atom. The summed E-state index contributed by atoms with van der Waals surface area (Å²) in [4.78, 5) is 12.6. The molecule has 8 heteroatoms. The van der Waals surface area contributed by atoms with Crippen molar-refractivity contribution in [3.8, 4) is 17.2 Å². The third kappa shape index (κ3) is 4.70. The second-order valence-electron chi connectivity index (χ2n) is 6.58. The molecular weight excluding hydrogens is 572 g/mol. The maximum Gasteiger partial charge on any atom is 0.259 e. The van der Waals surface area contributed by atoms with E-state index in [1.54, 1.807) is 30.3 Å². The Labute approximate surface area is 206 Å². The van der Waals surface area contributed by atoms with Crippen LogP contribution in [0.25, 0.3) is 10.8 Å². The summed E-state index contributed by atoms with van der Waals surface area (Å²) < 4.78 is 6.38. The molecule has 0 unspecified atom stereocenters. The highest BCUT2D eigenvalue weighted by atomic mass is 127. The van der Waals surface area contributed by atoms with Crippen molar-refractivity contribution in [2.45, 2.75) is 0 Å². The summed E-state index contributed by atoms with van der Waals surface area (Å²) in [6.45, 7) is 0. The van der Waals surface area contributed by atoms with Crippen LogP contribution in [0.3, 0.4) is 0 Å². The molecule has 1 amide bonds. The number of fused-ring (bicyclic) bond motifs is 1. The second-order valence-corrected chi connectivity index (χ2v) is 8.97. The molecular formula is C23H13Cl3INO3. The predicted molar refractivity (Wildman–Crippen MR) is 134 cm³/mol. The number of phenols is 1. The molecule has 0 saturated heterocycles. The Morgan fingerprint density at radius 3 is 2.45 bits per heavy atom. The quantitative estimate of drug-likeness (QED) is 0.238. The first-order valence-corrected chi connectivity index (χ1v) is 11.2. The standard InChI is InChI=1S/C23H13Cl3INO3/c24-13-9-16(22(29)18(27)10-13)23(30)28-14-6-8-19(17(25)11-14)31-20-7-5-12-3-1-2-4-15(12)21(20)26/h1-11,29H,(H,28,30). The van der Waals surface area contributed by atoms with Crippen LogP contribution in [0.15, 0.2) is 66.7 Å². The van der Waals surface area contributed by atoms with E-state index in [4.69, 9.17) is 39.5 Å². The number of carbonyl (C=O) groups excluding carboxylic acids is 1. The first-order valence-electron chi connectivity index (χ1n) is 8.97. The molecule has 0 aromatic heterocycles. The minimum Gasteiger partial charge on any atom is -0.506 e. The monoisotopic (exact) mass is 583 g/mol. The van der Waals surface area contributed by atoms with Crippen LogP contribution in [0.1, 0.15) is 10.4 Å². The van der Waals surface area contributed by atoms with E-state index in [0.717, 1.165) is 10.8 Å². The lowest BCUT2D eigenvalue weighted by Crippen LogP contribution is -2.12. The number of ether oxygens (including phenoxy) is 1. The molecule has 4 rings (SSSR count). The van der Waals surface area contributed by atoms with Gasteiger partial charge >= 0.3 is 0 Å². The number of carbonyl (C=O) groups is 1. The van der Waals surface area contributed by atoms with Gasteiger partial charge in [0, 0.05) is 16.1 Å². The number of rotatable bonds is 4. The fraction of sp³-hybridized carbons (Fsp3) is 0. The summed E-state index contributed by atoms with van der Waals surface area (Å²) in [6.07, 6.45) is 0. The molecule has 0 aliphatic heterocycles. The Morgan fingerprint density at radius 1 is 0.935 bits per heavy atom. The number of halogens is 4. The molecule has 156 valence electrons. The van der Waals surface area contributed by atoms with Gasteiger partial charge in [-0.05, 0) is 64.4 Å². The first kappa shape index (κ1) is 22.0. The van der Waals surface area contributed by atoms with E-state index in [9.17, 15) is 9.90 Å². The van der Waals surface area contributed by atoms with Crippen LogP contribution in [-0.2, 0) is 0 Å². The summed E-state index contributed by atoms with van der Waals surface area (Å²) in [7, 11) is 0. The van der Waals surface area contributed by atoms with Gasteiger partial charge in [-0.2, -0.15) is 0 Å². The van der Waals surface area contributed by atoms with Crippen molar-refractivity contribution in [2.24, 2.45) is 0 Å². The van der Waals surface area contributed by atoms with Crippen molar-refractivity contribution < 1.29 is 14.6 Å². The van der Waals surface area contributed by atoms with Crippen molar-refractivity contribution in [3.63, 3.8) is 0 Å². The summed E-state index contributed by atoms with van der Waals surface area (Å²) in [5.41, 5.74) is 0.498. The Kier molecular flexibility index (Phi) is 6.48. The lowest BCUT2D eigenvalue weighted by molar-refractivity contribution is 0.102. The van der Waals surface area contributed by atoms with Gasteiger partial charge in [-0.15, -0.1) is 0 Å². The Balaban J connectivity index is 1.56. The molecule has 0 aliphatic carbocycles. The van der Waals surface area contributed by atoms with Crippen molar-refractivity contribution in [2.75, 3.05) is 5.32 Å². The number of hydrogen-bond donors (Lipinski definition) is 2. The predicted octanol–water partition coefficient (Wildman–Crippen LogP) is 8.15. The van der Waals surface area contributed by atoms with Gasteiger partial charge in [0.25, 0.3) is 5.91 Å². The smallest absolute Gasteiger partial charge is 0.259 e. The minimum absolute atomic E-state index is 0.0660. The van der Waals surface area contributed by atoms with Gasteiger partial charge in [-0.1, -0.05) is 65.1 Å². The molecule has 0 saturated carbocycles. The molecule has 0 radical (unpaired) electrons. The highest BCUT2D eigenvalue weighted by molar-refractivity contribution is 14.1. The summed E-state index contributed by atoms with van der Waals surface area (Å²) >= 11 is 20.8. The highest BCUT2D eigenvalue weighted by Crippen LogP contribution is 2.38. The van der Waals surface area contributed by atoms with E-state index >= 15 is 0 Å². The van der Waals surface area contributed by atoms with Gasteiger partial charge in [0.15, 0.2) is 0 Å². The lowest BCUT2D eigenvalue weighted by Gasteiger charge is -2.13. The number of nitrogens with one attached hydrogen (secondary N) is 1. The van der Waals surface area contributed by atoms with Gasteiger partial charge in [0.05, 0.1) is 19.2 Å². The van der Waals surface area contributed by atoms with E-state index in [2.05, 4.69) is 5.32 Å². The van der Waals surface area contributed by atoms with Gasteiger partial charge in [-0.25, -0.2) is 0 Å². The summed E-state index contributed by atoms with van der Waals surface area (Å²) in [5, 5.41) is 15.8. The van der Waals surface area contributed by atoms with Gasteiger partial charge in [0.2, 0.25) is 0 Å². The fourth-order valence-electron chi connectivity index (χ4n) is 3.01. The van der Waals surface area contributed by atoms with E-state index in [1.807, 2.05) is 52.9 Å². The maximum atomic E-state index is 12.6. The minimum atomic E-state index is -0.514. The zero-order chi connectivity index (χ0) is 22.1. The lowest BCUT2D eigenvalue weighted by atomic mass is 10.1. The van der Waals surface area contributed by atoms with Crippen LogP contribution in [0, 0.1) is 3.57 Å². The van der Waals surface area contributed by atoms with Crippen molar-refractivity contribution in [1.29, 1.82) is 0 Å². The fourth-order valence-corrected chi connectivity index (χ4v) is 4.53. The number of amides is 1. The number of phenolic OH excluding ortho intramolecular Hbond substituents is 1. The normalized spacial score (nSPS) is 10.8. The molecule has 4 aromatic carbocycles. The molecule has 0 fully saturated rings. The van der Waals surface area contributed by atoms with E-state index in [-0.39, 0.29) is 16.3 Å². The van der Waals surface area contributed by atoms with Gasteiger partial charge in [-0.3, -0.25) is 4.79 Å². The molecule has 0 heterocycles. The van der Waals surface area contributed by atoms with Crippen molar-refractivity contribution in [1.82, 2.24) is 0 Å². The van der Waals surface area contributed by atoms with Crippen LogP contribution in [0.4, 0.5) is 5.69 Å². The van der Waals surface area contributed by atoms with Crippen LogP contribution in [0.2, 0.25) is 15.1 Å². The average molecular weight is 585 g/mol. The maximum absolute atomic E-state index is 12.6. The molecule has 31 heavy (non-hydrogen) atoms. The number of aromatic hydroxyl groups is 1. The van der Waals surface area contributed by atoms with E-state index in [0.29, 0.717) is 30.8 Å². The Bertz CT molecular complexity index is 1330. The zero-order valence-corrected chi connectivity index (χ0v) is 20.1. The highest BCUT2D eigenvalue weighted by Gasteiger charge is 2.16.